The maximum atomic E-state index is 12.9. The topological polar surface area (TPSA) is 75.6 Å². The number of aromatic hydroxyl groups is 1. The van der Waals surface area contributed by atoms with Crippen LogP contribution in [0.5, 0.6) is 5.75 Å². The van der Waals surface area contributed by atoms with Crippen molar-refractivity contribution in [2.75, 3.05) is 11.9 Å². The molecule has 0 saturated heterocycles. The number of anilines is 1. The predicted molar refractivity (Wildman–Crippen MR) is 83.2 cm³/mol. The van der Waals surface area contributed by atoms with Crippen molar-refractivity contribution in [2.45, 2.75) is 6.92 Å². The number of rotatable bonds is 4. The van der Waals surface area contributed by atoms with Gasteiger partial charge in [-0.1, -0.05) is 17.7 Å². The van der Waals surface area contributed by atoms with Gasteiger partial charge in [0.15, 0.2) is 6.61 Å². The molecule has 2 N–H and O–H groups in total. The molecule has 2 aromatic rings. The summed E-state index contributed by atoms with van der Waals surface area (Å²) in [5.41, 5.74) is 0.943. The first-order chi connectivity index (χ1) is 10.9. The average molecular weight is 338 g/mol. The molecule has 7 heteroatoms. The molecule has 2 rings (SSSR count). The van der Waals surface area contributed by atoms with Crippen LogP contribution in [0.4, 0.5) is 10.1 Å². The van der Waals surface area contributed by atoms with E-state index in [2.05, 4.69) is 5.32 Å². The molecule has 0 atom stereocenters. The van der Waals surface area contributed by atoms with Crippen LogP contribution in [0, 0.1) is 12.7 Å². The van der Waals surface area contributed by atoms with Gasteiger partial charge in [-0.15, -0.1) is 0 Å². The van der Waals surface area contributed by atoms with E-state index < -0.39 is 24.3 Å². The molecule has 0 heterocycles. The highest BCUT2D eigenvalue weighted by molar-refractivity contribution is 6.33. The number of carbonyl (C=O) groups is 2. The largest absolute Gasteiger partial charge is 0.507 e. The van der Waals surface area contributed by atoms with Crippen LogP contribution in [0.3, 0.4) is 0 Å². The van der Waals surface area contributed by atoms with Crippen LogP contribution in [0.25, 0.3) is 0 Å². The van der Waals surface area contributed by atoms with E-state index in [1.807, 2.05) is 0 Å². The van der Waals surface area contributed by atoms with Gasteiger partial charge in [-0.3, -0.25) is 4.79 Å². The van der Waals surface area contributed by atoms with Crippen molar-refractivity contribution in [1.82, 2.24) is 0 Å². The van der Waals surface area contributed by atoms with Gasteiger partial charge in [0.1, 0.15) is 17.1 Å². The third-order valence-corrected chi connectivity index (χ3v) is 3.23. The maximum Gasteiger partial charge on any atom is 0.342 e. The summed E-state index contributed by atoms with van der Waals surface area (Å²) >= 11 is 5.77. The summed E-state index contributed by atoms with van der Waals surface area (Å²) < 4.78 is 17.7. The van der Waals surface area contributed by atoms with Crippen molar-refractivity contribution < 1.29 is 23.8 Å². The minimum atomic E-state index is -0.831. The Hall–Kier alpha value is -2.60. The number of phenols is 1. The van der Waals surface area contributed by atoms with Crippen LogP contribution >= 0.6 is 11.6 Å². The Morgan fingerprint density at radius 2 is 2.00 bits per heavy atom. The summed E-state index contributed by atoms with van der Waals surface area (Å²) in [6.45, 7) is 1.19. The van der Waals surface area contributed by atoms with Crippen LogP contribution in [-0.2, 0) is 9.53 Å². The van der Waals surface area contributed by atoms with Crippen molar-refractivity contribution in [3.05, 3.63) is 58.4 Å². The van der Waals surface area contributed by atoms with E-state index in [0.29, 0.717) is 0 Å². The highest BCUT2D eigenvalue weighted by Gasteiger charge is 2.15. The lowest BCUT2D eigenvalue weighted by atomic mass is 10.1. The van der Waals surface area contributed by atoms with Crippen molar-refractivity contribution in [2.24, 2.45) is 0 Å². The smallest absolute Gasteiger partial charge is 0.342 e. The van der Waals surface area contributed by atoms with Crippen molar-refractivity contribution in [3.63, 3.8) is 0 Å². The molecule has 0 bridgehead atoms. The molecular formula is C16H13ClFNO4. The number of nitrogens with one attached hydrogen (secondary N) is 1. The van der Waals surface area contributed by atoms with Gasteiger partial charge in [0, 0.05) is 0 Å². The molecule has 0 fully saturated rings. The molecule has 0 saturated carbocycles. The fourth-order valence-corrected chi connectivity index (χ4v) is 2.01. The number of carbonyl (C=O) groups excluding carboxylic acids is 2. The lowest BCUT2D eigenvalue weighted by molar-refractivity contribution is -0.119. The number of phenolic OH excluding ortho intramolecular Hbond substituents is 1. The number of aryl methyl sites for hydroxylation is 1. The summed E-state index contributed by atoms with van der Waals surface area (Å²) in [6, 6.07) is 7.93. The van der Waals surface area contributed by atoms with Crippen LogP contribution in [0.1, 0.15) is 15.9 Å². The molecule has 0 spiro atoms. The molecule has 0 aromatic heterocycles. The monoisotopic (exact) mass is 337 g/mol. The van der Waals surface area contributed by atoms with Gasteiger partial charge < -0.3 is 15.2 Å². The minimum Gasteiger partial charge on any atom is -0.507 e. The van der Waals surface area contributed by atoms with Crippen molar-refractivity contribution in [1.29, 1.82) is 0 Å². The average Bonchev–Trinajstić information content (AvgIpc) is 2.48. The lowest BCUT2D eigenvalue weighted by Crippen LogP contribution is -2.21. The number of ether oxygens (including phenoxy) is 1. The molecule has 0 aliphatic carbocycles. The van der Waals surface area contributed by atoms with E-state index in [-0.39, 0.29) is 22.0 Å². The minimum absolute atomic E-state index is 0.0286. The summed E-state index contributed by atoms with van der Waals surface area (Å²) in [6.07, 6.45) is 0. The van der Waals surface area contributed by atoms with Crippen LogP contribution in [-0.4, -0.2) is 23.6 Å². The fourth-order valence-electron chi connectivity index (χ4n) is 1.80. The molecule has 0 unspecified atom stereocenters. The highest BCUT2D eigenvalue weighted by Crippen LogP contribution is 2.22. The highest BCUT2D eigenvalue weighted by atomic mass is 35.5. The second-order valence-electron chi connectivity index (χ2n) is 4.77. The van der Waals surface area contributed by atoms with Crippen LogP contribution < -0.4 is 5.32 Å². The Kier molecular flexibility index (Phi) is 5.18. The maximum absolute atomic E-state index is 12.9. The van der Waals surface area contributed by atoms with E-state index in [0.717, 1.165) is 17.7 Å². The zero-order valence-corrected chi connectivity index (χ0v) is 12.9. The first-order valence-electron chi connectivity index (χ1n) is 6.58. The molecule has 0 aliphatic heterocycles. The standard InChI is InChI=1S/C16H13ClFNO4/c1-9-2-4-11(14(20)6-9)16(22)23-8-15(21)19-13-5-3-10(18)7-12(13)17/h2-7,20H,8H2,1H3,(H,19,21). The zero-order chi connectivity index (χ0) is 17.0. The number of esters is 1. The van der Waals surface area contributed by atoms with Gasteiger partial charge in [0.05, 0.1) is 10.7 Å². The van der Waals surface area contributed by atoms with Crippen LogP contribution in [0.2, 0.25) is 5.02 Å². The van der Waals surface area contributed by atoms with Gasteiger partial charge in [-0.05, 0) is 42.8 Å². The molecule has 1 amide bonds. The first-order valence-corrected chi connectivity index (χ1v) is 6.96. The second kappa shape index (κ2) is 7.11. The van der Waals surface area contributed by atoms with E-state index in [1.54, 1.807) is 13.0 Å². The Morgan fingerprint density at radius 3 is 2.65 bits per heavy atom. The van der Waals surface area contributed by atoms with Crippen LogP contribution in [0.15, 0.2) is 36.4 Å². The van der Waals surface area contributed by atoms with Gasteiger partial charge in [0.25, 0.3) is 5.91 Å². The molecule has 0 radical (unpaired) electrons. The third kappa shape index (κ3) is 4.43. The molecule has 120 valence electrons. The van der Waals surface area contributed by atoms with Gasteiger partial charge in [-0.25, -0.2) is 9.18 Å². The van der Waals surface area contributed by atoms with Crippen molar-refractivity contribution >= 4 is 29.2 Å². The molecule has 5 nitrogen and oxygen atoms in total. The predicted octanol–water partition coefficient (Wildman–Crippen LogP) is 3.29. The number of halogens is 2. The first kappa shape index (κ1) is 16.8. The van der Waals surface area contributed by atoms with E-state index in [1.165, 1.54) is 18.2 Å². The number of amides is 1. The molecule has 2 aromatic carbocycles. The quantitative estimate of drug-likeness (QED) is 0.839. The summed E-state index contributed by atoms with van der Waals surface area (Å²) in [7, 11) is 0. The van der Waals surface area contributed by atoms with Gasteiger partial charge in [-0.2, -0.15) is 0 Å². The summed E-state index contributed by atoms with van der Waals surface area (Å²) in [4.78, 5) is 23.5. The Labute approximate surface area is 136 Å². The zero-order valence-electron chi connectivity index (χ0n) is 12.1. The lowest BCUT2D eigenvalue weighted by Gasteiger charge is -2.09. The number of hydrogen-bond donors (Lipinski definition) is 2. The Balaban J connectivity index is 1.94. The normalized spacial score (nSPS) is 10.2. The molecular weight excluding hydrogens is 325 g/mol. The summed E-state index contributed by atoms with van der Waals surface area (Å²) in [5, 5.41) is 12.1. The Bertz CT molecular complexity index is 764. The molecule has 23 heavy (non-hydrogen) atoms. The van der Waals surface area contributed by atoms with E-state index >= 15 is 0 Å². The van der Waals surface area contributed by atoms with Gasteiger partial charge >= 0.3 is 5.97 Å². The fraction of sp³-hybridized carbons (Fsp3) is 0.125. The van der Waals surface area contributed by atoms with Gasteiger partial charge in [0.2, 0.25) is 0 Å². The summed E-state index contributed by atoms with van der Waals surface area (Å²) in [5.74, 6) is -2.23. The second-order valence-corrected chi connectivity index (χ2v) is 5.18. The number of hydrogen-bond acceptors (Lipinski definition) is 4. The SMILES string of the molecule is Cc1ccc(C(=O)OCC(=O)Nc2ccc(F)cc2Cl)c(O)c1. The number of benzene rings is 2. The Morgan fingerprint density at radius 1 is 1.26 bits per heavy atom. The van der Waals surface area contributed by atoms with E-state index in [9.17, 15) is 19.1 Å². The third-order valence-electron chi connectivity index (χ3n) is 2.91. The van der Waals surface area contributed by atoms with Crippen molar-refractivity contribution in [3.8, 4) is 5.75 Å². The van der Waals surface area contributed by atoms with E-state index in [4.69, 9.17) is 16.3 Å². The molecule has 0 aliphatic rings.